The molecule has 4 aromatic carbocycles. The summed E-state index contributed by atoms with van der Waals surface area (Å²) in [5, 5.41) is 28.0. The van der Waals surface area contributed by atoms with Crippen molar-refractivity contribution in [2.24, 2.45) is 0 Å². The van der Waals surface area contributed by atoms with Crippen LogP contribution in [0.25, 0.3) is 44.9 Å². The van der Waals surface area contributed by atoms with E-state index in [0.717, 1.165) is 44.4 Å². The highest BCUT2D eigenvalue weighted by Crippen LogP contribution is 2.39. The predicted octanol–water partition coefficient (Wildman–Crippen LogP) is 6.55. The fourth-order valence-corrected chi connectivity index (χ4v) is 5.06. The molecule has 0 amide bonds. The molecule has 1 aromatic heterocycles. The largest absolute Gasteiger partial charge is 0.398 e. The average molecular weight is 491 g/mol. The number of aromatic nitrogens is 1. The lowest BCUT2D eigenvalue weighted by molar-refractivity contribution is 1.36. The van der Waals surface area contributed by atoms with E-state index >= 15 is 0 Å². The molecule has 0 saturated heterocycles. The third-order valence-electron chi connectivity index (χ3n) is 6.85. The number of nitrogen functional groups attached to an aromatic ring is 2. The van der Waals surface area contributed by atoms with Crippen LogP contribution >= 0.6 is 0 Å². The van der Waals surface area contributed by atoms with Crippen molar-refractivity contribution in [2.75, 3.05) is 11.5 Å². The lowest BCUT2D eigenvalue weighted by atomic mass is 9.82. The van der Waals surface area contributed by atoms with Crippen molar-refractivity contribution < 1.29 is 0 Å². The number of nitrogens with two attached hydrogens (primary N) is 2. The van der Waals surface area contributed by atoms with Crippen molar-refractivity contribution in [1.82, 2.24) is 4.98 Å². The van der Waals surface area contributed by atoms with E-state index in [1.807, 2.05) is 84.9 Å². The third kappa shape index (κ3) is 3.62. The van der Waals surface area contributed by atoms with E-state index in [-0.39, 0.29) is 11.4 Å². The lowest BCUT2D eigenvalue weighted by Gasteiger charge is -2.23. The molecule has 6 nitrogen and oxygen atoms in total. The van der Waals surface area contributed by atoms with Crippen LogP contribution < -0.4 is 11.5 Å². The van der Waals surface area contributed by atoms with E-state index in [0.29, 0.717) is 28.1 Å². The summed E-state index contributed by atoms with van der Waals surface area (Å²) in [7, 11) is 0. The summed E-state index contributed by atoms with van der Waals surface area (Å²) in [4.78, 5) is 4.97. The Morgan fingerprint density at radius 1 is 0.684 bits per heavy atom. The van der Waals surface area contributed by atoms with Gasteiger partial charge in [0, 0.05) is 44.6 Å². The number of para-hydroxylation sites is 1. The van der Waals surface area contributed by atoms with Crippen LogP contribution in [0.15, 0.2) is 91.0 Å². The smallest absolute Gasteiger partial charge is 0.0993 e. The average Bonchev–Trinajstić information content (AvgIpc) is 2.94. The second-order valence-electron chi connectivity index (χ2n) is 9.16. The zero-order chi connectivity index (χ0) is 26.4. The number of hydrogen-bond acceptors (Lipinski definition) is 6. The minimum absolute atomic E-state index is 0.151. The third-order valence-corrected chi connectivity index (χ3v) is 6.85. The van der Waals surface area contributed by atoms with Crippen LogP contribution in [0.3, 0.4) is 0 Å². The number of benzene rings is 4. The number of nitriles is 1. The van der Waals surface area contributed by atoms with Gasteiger partial charge in [0.25, 0.3) is 0 Å². The van der Waals surface area contributed by atoms with Crippen LogP contribution in [0.5, 0.6) is 0 Å². The molecule has 6 rings (SSSR count). The van der Waals surface area contributed by atoms with Crippen molar-refractivity contribution >= 4 is 45.4 Å². The summed E-state index contributed by atoms with van der Waals surface area (Å²) in [5.41, 5.74) is 21.0. The molecule has 180 valence electrons. The minimum Gasteiger partial charge on any atom is -0.398 e. The van der Waals surface area contributed by atoms with Gasteiger partial charge in [-0.1, -0.05) is 72.8 Å². The van der Waals surface area contributed by atoms with Gasteiger partial charge < -0.3 is 11.5 Å². The molecule has 38 heavy (non-hydrogen) atoms. The van der Waals surface area contributed by atoms with Gasteiger partial charge in [-0.05, 0) is 35.4 Å². The van der Waals surface area contributed by atoms with Crippen molar-refractivity contribution in [2.45, 2.75) is 0 Å². The molecule has 0 bridgehead atoms. The van der Waals surface area contributed by atoms with E-state index in [2.05, 4.69) is 6.07 Å². The number of allylic oxidation sites excluding steroid dienone is 1. The van der Waals surface area contributed by atoms with Crippen molar-refractivity contribution in [3.05, 3.63) is 113 Å². The predicted molar refractivity (Wildman–Crippen MR) is 155 cm³/mol. The molecule has 0 fully saturated rings. The number of nitrogens with zero attached hydrogens (tertiary/aromatic N) is 2. The maximum atomic E-state index is 9.19. The second kappa shape index (κ2) is 8.84. The molecule has 1 aliphatic carbocycles. The summed E-state index contributed by atoms with van der Waals surface area (Å²) in [6, 6.07) is 30.6. The fraction of sp³-hybridized carbons (Fsp3) is 0. The Morgan fingerprint density at radius 2 is 1.32 bits per heavy atom. The van der Waals surface area contributed by atoms with Gasteiger partial charge in [-0.3, -0.25) is 10.8 Å². The van der Waals surface area contributed by atoms with E-state index in [9.17, 15) is 5.26 Å². The summed E-state index contributed by atoms with van der Waals surface area (Å²) >= 11 is 0. The highest BCUT2D eigenvalue weighted by Gasteiger charge is 2.27. The Kier molecular flexibility index (Phi) is 5.33. The Morgan fingerprint density at radius 3 is 2.00 bits per heavy atom. The van der Waals surface area contributed by atoms with E-state index in [1.54, 1.807) is 12.1 Å². The van der Waals surface area contributed by atoms with Crippen LogP contribution in [-0.2, 0) is 0 Å². The van der Waals surface area contributed by atoms with Gasteiger partial charge in [-0.2, -0.15) is 5.26 Å². The highest BCUT2D eigenvalue weighted by atomic mass is 14.7. The van der Waals surface area contributed by atoms with Crippen LogP contribution in [0, 0.1) is 22.1 Å². The Balaban J connectivity index is 1.52. The first-order valence-electron chi connectivity index (χ1n) is 12.0. The van der Waals surface area contributed by atoms with E-state index < -0.39 is 0 Å². The fourth-order valence-electron chi connectivity index (χ4n) is 5.06. The first kappa shape index (κ1) is 22.9. The monoisotopic (exact) mass is 490 g/mol. The zero-order valence-electron chi connectivity index (χ0n) is 20.3. The van der Waals surface area contributed by atoms with Gasteiger partial charge in [0.2, 0.25) is 0 Å². The SMILES string of the molecule is N#Cc1cc(N)c(-c2ccc(C3=Cc4c(-c5ccccc5)nc5ccccc5c4C(=N)C3=N)cc2)c(N)c1. The summed E-state index contributed by atoms with van der Waals surface area (Å²) in [5.74, 6) is 0. The molecule has 0 radical (unpaired) electrons. The molecule has 6 heteroatoms. The first-order chi connectivity index (χ1) is 18.5. The molecule has 0 aliphatic heterocycles. The van der Waals surface area contributed by atoms with Crippen LogP contribution in [0.2, 0.25) is 0 Å². The molecule has 0 spiro atoms. The van der Waals surface area contributed by atoms with Gasteiger partial charge in [0.05, 0.1) is 34.3 Å². The number of pyridine rings is 1. The normalized spacial score (nSPS) is 12.7. The quantitative estimate of drug-likeness (QED) is 0.213. The first-order valence-corrected chi connectivity index (χ1v) is 12.0. The van der Waals surface area contributed by atoms with Crippen molar-refractivity contribution in [3.63, 3.8) is 0 Å². The summed E-state index contributed by atoms with van der Waals surface area (Å²) in [6.07, 6.45) is 1.97. The van der Waals surface area contributed by atoms with E-state index in [1.165, 1.54) is 0 Å². The molecular weight excluding hydrogens is 468 g/mol. The van der Waals surface area contributed by atoms with Gasteiger partial charge >= 0.3 is 0 Å². The molecule has 0 unspecified atom stereocenters. The van der Waals surface area contributed by atoms with Crippen LogP contribution in [0.1, 0.15) is 22.3 Å². The summed E-state index contributed by atoms with van der Waals surface area (Å²) < 4.78 is 0. The van der Waals surface area contributed by atoms with Gasteiger partial charge in [0.1, 0.15) is 0 Å². The standard InChI is InChI=1S/C32H22N6/c33-17-18-14-25(34)28(26(35)15-18)20-12-10-19(11-13-20)23-16-24-29(31(37)30(23)36)22-8-4-5-9-27(22)38-32(24)21-6-2-1-3-7-21/h1-16,36-37H,34-35H2. The zero-order valence-corrected chi connectivity index (χ0v) is 20.3. The Labute approximate surface area is 219 Å². The van der Waals surface area contributed by atoms with Gasteiger partial charge in [-0.15, -0.1) is 0 Å². The Hall–Kier alpha value is -5.54. The minimum atomic E-state index is 0.151. The molecular formula is C32H22N6. The molecule has 0 saturated carbocycles. The number of rotatable bonds is 3. The van der Waals surface area contributed by atoms with Gasteiger partial charge in [0.15, 0.2) is 0 Å². The van der Waals surface area contributed by atoms with Crippen molar-refractivity contribution in [1.29, 1.82) is 16.1 Å². The Bertz CT molecular complexity index is 1840. The maximum Gasteiger partial charge on any atom is 0.0993 e. The number of nitrogens with one attached hydrogen (secondary N) is 2. The molecule has 5 aromatic rings. The van der Waals surface area contributed by atoms with Crippen LogP contribution in [0.4, 0.5) is 11.4 Å². The number of fused-ring (bicyclic) bond motifs is 3. The topological polar surface area (TPSA) is 136 Å². The second-order valence-corrected chi connectivity index (χ2v) is 9.16. The van der Waals surface area contributed by atoms with E-state index in [4.69, 9.17) is 27.3 Å². The highest BCUT2D eigenvalue weighted by molar-refractivity contribution is 6.64. The van der Waals surface area contributed by atoms with Crippen molar-refractivity contribution in [3.8, 4) is 28.5 Å². The maximum absolute atomic E-state index is 9.19. The molecule has 1 aliphatic rings. The summed E-state index contributed by atoms with van der Waals surface area (Å²) in [6.45, 7) is 0. The molecule has 6 N–H and O–H groups in total. The molecule has 1 heterocycles. The van der Waals surface area contributed by atoms with Gasteiger partial charge in [-0.25, -0.2) is 4.98 Å². The number of anilines is 2. The van der Waals surface area contributed by atoms with Crippen LogP contribution in [-0.4, -0.2) is 16.4 Å². The molecule has 0 atom stereocenters. The lowest BCUT2D eigenvalue weighted by Crippen LogP contribution is -2.21. The number of hydrogen-bond donors (Lipinski definition) is 4.